The number of rotatable bonds is 6. The largest absolute Gasteiger partial charge is 0.476 e. The molecule has 2 heterocycles. The Kier molecular flexibility index (Phi) is 3.96. The van der Waals surface area contributed by atoms with E-state index in [0.717, 1.165) is 19.5 Å². The first-order valence-electron chi connectivity index (χ1n) is 6.54. The molecule has 0 aromatic carbocycles. The van der Waals surface area contributed by atoms with E-state index in [2.05, 4.69) is 29.1 Å². The van der Waals surface area contributed by atoms with E-state index < -0.39 is 5.97 Å². The second kappa shape index (κ2) is 5.48. The van der Waals surface area contributed by atoms with E-state index in [1.54, 1.807) is 4.68 Å². The van der Waals surface area contributed by atoms with Crippen LogP contribution >= 0.6 is 0 Å². The predicted octanol–water partition coefficient (Wildman–Crippen LogP) is 1.41. The van der Waals surface area contributed by atoms with Crippen molar-refractivity contribution in [1.29, 1.82) is 0 Å². The highest BCUT2D eigenvalue weighted by Gasteiger charge is 2.33. The molecule has 1 fully saturated rings. The van der Waals surface area contributed by atoms with Crippen LogP contribution in [-0.2, 0) is 0 Å². The van der Waals surface area contributed by atoms with Gasteiger partial charge >= 0.3 is 5.97 Å². The van der Waals surface area contributed by atoms with Crippen molar-refractivity contribution < 1.29 is 9.90 Å². The molecule has 1 aromatic rings. The Bertz CT molecular complexity index is 412. The molecule has 1 aliphatic rings. The van der Waals surface area contributed by atoms with Crippen LogP contribution in [0.5, 0.6) is 0 Å². The van der Waals surface area contributed by atoms with Gasteiger partial charge in [-0.1, -0.05) is 25.5 Å². The van der Waals surface area contributed by atoms with Crippen LogP contribution in [0.4, 0.5) is 0 Å². The Morgan fingerprint density at radius 3 is 2.78 bits per heavy atom. The Hall–Kier alpha value is -1.43. The van der Waals surface area contributed by atoms with Gasteiger partial charge in [-0.25, -0.2) is 9.48 Å². The van der Waals surface area contributed by atoms with Gasteiger partial charge in [0.25, 0.3) is 0 Å². The van der Waals surface area contributed by atoms with E-state index >= 15 is 0 Å². The third kappa shape index (κ3) is 2.53. The molecule has 100 valence electrons. The molecule has 18 heavy (non-hydrogen) atoms. The van der Waals surface area contributed by atoms with Gasteiger partial charge in [0.15, 0.2) is 5.69 Å². The monoisotopic (exact) mass is 252 g/mol. The molecule has 0 spiro atoms. The molecule has 0 radical (unpaired) electrons. The van der Waals surface area contributed by atoms with E-state index in [9.17, 15) is 4.79 Å². The summed E-state index contributed by atoms with van der Waals surface area (Å²) in [5, 5.41) is 16.3. The molecule has 2 rings (SSSR count). The quantitative estimate of drug-likeness (QED) is 0.829. The molecule has 1 N–H and O–H groups in total. The molecule has 1 saturated heterocycles. The van der Waals surface area contributed by atoms with Crippen LogP contribution in [0.1, 0.15) is 49.6 Å². The van der Waals surface area contributed by atoms with Crippen LogP contribution in [0.2, 0.25) is 0 Å². The zero-order valence-electron chi connectivity index (χ0n) is 10.9. The minimum Gasteiger partial charge on any atom is -0.476 e. The normalized spacial score (nSPS) is 18.6. The van der Waals surface area contributed by atoms with Crippen LogP contribution in [0, 0.1) is 0 Å². The standard InChI is InChI=1S/C12H20N4O2/c1-3-5-9(4-2)15-6-10(7-15)16-8-11(12(17)18)13-14-16/h8-10H,3-7H2,1-2H3,(H,17,18). The third-order valence-electron chi connectivity index (χ3n) is 3.60. The topological polar surface area (TPSA) is 71.2 Å². The molecule has 1 aromatic heterocycles. The smallest absolute Gasteiger partial charge is 0.358 e. The molecule has 1 atom stereocenters. The fourth-order valence-electron chi connectivity index (χ4n) is 2.48. The Balaban J connectivity index is 1.89. The van der Waals surface area contributed by atoms with Crippen molar-refractivity contribution in [3.05, 3.63) is 11.9 Å². The predicted molar refractivity (Wildman–Crippen MR) is 66.6 cm³/mol. The number of aromatic carboxylic acids is 1. The van der Waals surface area contributed by atoms with Crippen LogP contribution in [0.25, 0.3) is 0 Å². The number of hydrogen-bond acceptors (Lipinski definition) is 4. The molecule has 0 bridgehead atoms. The number of likely N-dealkylation sites (tertiary alicyclic amines) is 1. The number of carboxylic acid groups (broad SMARTS) is 1. The van der Waals surface area contributed by atoms with E-state index in [1.165, 1.54) is 19.0 Å². The van der Waals surface area contributed by atoms with Gasteiger partial charge in [0.2, 0.25) is 0 Å². The highest BCUT2D eigenvalue weighted by Crippen LogP contribution is 2.25. The van der Waals surface area contributed by atoms with Crippen molar-refractivity contribution in [3.8, 4) is 0 Å². The third-order valence-corrected chi connectivity index (χ3v) is 3.60. The fraction of sp³-hybridized carbons (Fsp3) is 0.750. The van der Waals surface area contributed by atoms with E-state index in [0.29, 0.717) is 6.04 Å². The van der Waals surface area contributed by atoms with Crippen LogP contribution in [0.15, 0.2) is 6.20 Å². The summed E-state index contributed by atoms with van der Waals surface area (Å²) < 4.78 is 1.68. The summed E-state index contributed by atoms with van der Waals surface area (Å²) in [5.41, 5.74) is 0.0223. The summed E-state index contributed by atoms with van der Waals surface area (Å²) >= 11 is 0. The van der Waals surface area contributed by atoms with Crippen LogP contribution in [0.3, 0.4) is 0 Å². The zero-order chi connectivity index (χ0) is 13.1. The van der Waals surface area contributed by atoms with Crippen LogP contribution in [-0.4, -0.2) is 50.1 Å². The van der Waals surface area contributed by atoms with Crippen LogP contribution < -0.4 is 0 Å². The van der Waals surface area contributed by atoms with Gasteiger partial charge in [0.05, 0.1) is 12.2 Å². The lowest BCUT2D eigenvalue weighted by Gasteiger charge is -2.43. The molecule has 6 nitrogen and oxygen atoms in total. The number of carbonyl (C=O) groups is 1. The highest BCUT2D eigenvalue weighted by molar-refractivity contribution is 5.84. The average molecular weight is 252 g/mol. The number of aromatic nitrogens is 3. The summed E-state index contributed by atoms with van der Waals surface area (Å²) in [6.07, 6.45) is 5.11. The molecule has 0 aliphatic carbocycles. The highest BCUT2D eigenvalue weighted by atomic mass is 16.4. The van der Waals surface area contributed by atoms with E-state index in [4.69, 9.17) is 5.11 Å². The molecule has 1 unspecified atom stereocenters. The summed E-state index contributed by atoms with van der Waals surface area (Å²) in [6, 6.07) is 0.922. The van der Waals surface area contributed by atoms with Gasteiger partial charge in [-0.05, 0) is 12.8 Å². The maximum atomic E-state index is 10.7. The van der Waals surface area contributed by atoms with Crippen molar-refractivity contribution in [2.45, 2.75) is 45.2 Å². The average Bonchev–Trinajstić information content (AvgIpc) is 2.75. The SMILES string of the molecule is CCCC(CC)N1CC(n2cc(C(=O)O)nn2)C1. The Morgan fingerprint density at radius 1 is 1.56 bits per heavy atom. The summed E-state index contributed by atoms with van der Waals surface area (Å²) in [7, 11) is 0. The minimum atomic E-state index is -1.02. The Labute approximate surface area is 107 Å². The first-order valence-corrected chi connectivity index (χ1v) is 6.54. The van der Waals surface area contributed by atoms with Gasteiger partial charge in [-0.2, -0.15) is 0 Å². The summed E-state index contributed by atoms with van der Waals surface area (Å²) in [6.45, 7) is 6.31. The van der Waals surface area contributed by atoms with E-state index in [-0.39, 0.29) is 11.7 Å². The molecule has 0 saturated carbocycles. The van der Waals surface area contributed by atoms with Crippen molar-refractivity contribution in [1.82, 2.24) is 19.9 Å². The molecule has 0 amide bonds. The molecular weight excluding hydrogens is 232 g/mol. The first-order chi connectivity index (χ1) is 8.65. The van der Waals surface area contributed by atoms with Crippen molar-refractivity contribution in [2.24, 2.45) is 0 Å². The van der Waals surface area contributed by atoms with Gasteiger partial charge in [0, 0.05) is 19.1 Å². The molecule has 6 heteroatoms. The van der Waals surface area contributed by atoms with E-state index in [1.807, 2.05) is 0 Å². The van der Waals surface area contributed by atoms with Gasteiger partial charge in [0.1, 0.15) is 0 Å². The number of nitrogens with zero attached hydrogens (tertiary/aromatic N) is 4. The minimum absolute atomic E-state index is 0.0223. The lowest BCUT2D eigenvalue weighted by molar-refractivity contribution is 0.0456. The maximum absolute atomic E-state index is 10.7. The lowest BCUT2D eigenvalue weighted by atomic mass is 10.0. The molecule has 1 aliphatic heterocycles. The fourth-order valence-corrected chi connectivity index (χ4v) is 2.48. The van der Waals surface area contributed by atoms with Crippen molar-refractivity contribution in [2.75, 3.05) is 13.1 Å². The lowest BCUT2D eigenvalue weighted by Crippen LogP contribution is -2.52. The Morgan fingerprint density at radius 2 is 2.28 bits per heavy atom. The summed E-state index contributed by atoms with van der Waals surface area (Å²) in [5.74, 6) is -1.02. The summed E-state index contributed by atoms with van der Waals surface area (Å²) in [4.78, 5) is 13.2. The van der Waals surface area contributed by atoms with Gasteiger partial charge in [-0.15, -0.1) is 5.10 Å². The van der Waals surface area contributed by atoms with Gasteiger partial charge in [-0.3, -0.25) is 4.90 Å². The second-order valence-electron chi connectivity index (χ2n) is 4.85. The van der Waals surface area contributed by atoms with Gasteiger partial charge < -0.3 is 5.11 Å². The number of carboxylic acids is 1. The van der Waals surface area contributed by atoms with Crippen molar-refractivity contribution >= 4 is 5.97 Å². The number of hydrogen-bond donors (Lipinski definition) is 1. The second-order valence-corrected chi connectivity index (χ2v) is 4.85. The van der Waals surface area contributed by atoms with Crippen molar-refractivity contribution in [3.63, 3.8) is 0 Å². The first kappa shape index (κ1) is 13.0. The maximum Gasteiger partial charge on any atom is 0.358 e. The zero-order valence-corrected chi connectivity index (χ0v) is 10.9. The molecular formula is C12H20N4O2.